The van der Waals surface area contributed by atoms with E-state index in [2.05, 4.69) is 0 Å². The van der Waals surface area contributed by atoms with Gasteiger partial charge in [0.15, 0.2) is 11.5 Å². The van der Waals surface area contributed by atoms with Crippen molar-refractivity contribution < 1.29 is 20.1 Å². The third-order valence-corrected chi connectivity index (χ3v) is 2.38. The molecule has 0 amide bonds. The fourth-order valence-corrected chi connectivity index (χ4v) is 1.35. The Morgan fingerprint density at radius 1 is 1.40 bits per heavy atom. The van der Waals surface area contributed by atoms with Gasteiger partial charge in [0.2, 0.25) is 0 Å². The van der Waals surface area contributed by atoms with E-state index in [4.69, 9.17) is 16.3 Å². The zero-order chi connectivity index (χ0) is 11.4. The molecular weight excluding hydrogens is 220 g/mol. The van der Waals surface area contributed by atoms with E-state index in [1.165, 1.54) is 25.3 Å². The normalized spacial score (nSPS) is 14.7. The van der Waals surface area contributed by atoms with Crippen molar-refractivity contribution >= 4 is 11.6 Å². The van der Waals surface area contributed by atoms with Crippen molar-refractivity contribution in [2.75, 3.05) is 13.0 Å². The van der Waals surface area contributed by atoms with Gasteiger partial charge in [0.1, 0.15) is 6.10 Å². The number of rotatable bonds is 4. The van der Waals surface area contributed by atoms with Crippen LogP contribution in [0.1, 0.15) is 11.7 Å². The summed E-state index contributed by atoms with van der Waals surface area (Å²) in [6.07, 6.45) is -2.13. The molecular formula is C10H13ClO4. The topological polar surface area (TPSA) is 69.9 Å². The maximum absolute atomic E-state index is 9.63. The Hall–Kier alpha value is -0.970. The van der Waals surface area contributed by atoms with Crippen LogP contribution in [0.4, 0.5) is 0 Å². The molecule has 0 saturated heterocycles. The average Bonchev–Trinajstić information content (AvgIpc) is 2.27. The first-order valence-electron chi connectivity index (χ1n) is 4.39. The van der Waals surface area contributed by atoms with Gasteiger partial charge in [-0.25, -0.2) is 0 Å². The summed E-state index contributed by atoms with van der Waals surface area (Å²) in [4.78, 5) is 0. The molecule has 0 aliphatic heterocycles. The van der Waals surface area contributed by atoms with Crippen molar-refractivity contribution in [1.29, 1.82) is 0 Å². The highest BCUT2D eigenvalue weighted by Crippen LogP contribution is 2.30. The van der Waals surface area contributed by atoms with Crippen molar-refractivity contribution in [1.82, 2.24) is 0 Å². The van der Waals surface area contributed by atoms with E-state index in [1.807, 2.05) is 0 Å². The van der Waals surface area contributed by atoms with Gasteiger partial charge in [-0.05, 0) is 17.7 Å². The number of aliphatic hydroxyl groups is 2. The van der Waals surface area contributed by atoms with Gasteiger partial charge in [0, 0.05) is 0 Å². The molecule has 1 aromatic carbocycles. The zero-order valence-corrected chi connectivity index (χ0v) is 8.98. The van der Waals surface area contributed by atoms with Crippen molar-refractivity contribution in [3.8, 4) is 11.5 Å². The molecule has 0 radical (unpaired) electrons. The Morgan fingerprint density at radius 3 is 2.60 bits per heavy atom. The van der Waals surface area contributed by atoms with Crippen LogP contribution in [-0.4, -0.2) is 34.4 Å². The van der Waals surface area contributed by atoms with Gasteiger partial charge in [-0.3, -0.25) is 0 Å². The number of hydrogen-bond donors (Lipinski definition) is 3. The lowest BCUT2D eigenvalue weighted by Gasteiger charge is -2.16. The number of ether oxygens (including phenoxy) is 1. The first-order chi connectivity index (χ1) is 7.10. The lowest BCUT2D eigenvalue weighted by molar-refractivity contribution is 0.0325. The van der Waals surface area contributed by atoms with Crippen LogP contribution in [0.25, 0.3) is 0 Å². The van der Waals surface area contributed by atoms with E-state index < -0.39 is 12.2 Å². The van der Waals surface area contributed by atoms with Crippen LogP contribution < -0.4 is 4.74 Å². The van der Waals surface area contributed by atoms with Gasteiger partial charge >= 0.3 is 0 Å². The van der Waals surface area contributed by atoms with Crippen LogP contribution in [0.2, 0.25) is 0 Å². The largest absolute Gasteiger partial charge is 0.504 e. The quantitative estimate of drug-likeness (QED) is 0.679. The smallest absolute Gasteiger partial charge is 0.160 e. The third-order valence-electron chi connectivity index (χ3n) is 2.07. The van der Waals surface area contributed by atoms with Gasteiger partial charge < -0.3 is 20.1 Å². The van der Waals surface area contributed by atoms with Crippen molar-refractivity contribution in [3.63, 3.8) is 0 Å². The van der Waals surface area contributed by atoms with E-state index in [0.717, 1.165) is 0 Å². The Balaban J connectivity index is 2.95. The summed E-state index contributed by atoms with van der Waals surface area (Å²) in [5, 5.41) is 28.3. The molecule has 84 valence electrons. The number of aliphatic hydroxyl groups excluding tert-OH is 2. The summed E-state index contributed by atoms with van der Waals surface area (Å²) in [5.41, 5.74) is 0.442. The number of alkyl halides is 1. The second kappa shape index (κ2) is 5.21. The van der Waals surface area contributed by atoms with E-state index >= 15 is 0 Å². The minimum atomic E-state index is -1.09. The van der Waals surface area contributed by atoms with Gasteiger partial charge in [-0.15, -0.1) is 11.6 Å². The molecule has 0 aromatic heterocycles. The summed E-state index contributed by atoms with van der Waals surface area (Å²) < 4.78 is 4.87. The SMILES string of the molecule is COc1cc([C@@H](O)[C@@H](O)CCl)ccc1O. The van der Waals surface area contributed by atoms with E-state index in [9.17, 15) is 15.3 Å². The summed E-state index contributed by atoms with van der Waals surface area (Å²) in [6.45, 7) is 0. The molecule has 0 aliphatic rings. The highest BCUT2D eigenvalue weighted by Gasteiger charge is 2.18. The zero-order valence-electron chi connectivity index (χ0n) is 8.22. The fourth-order valence-electron chi connectivity index (χ4n) is 1.18. The predicted octanol–water partition coefficient (Wildman–Crippen LogP) is 1.03. The number of phenols is 1. The van der Waals surface area contributed by atoms with E-state index in [1.54, 1.807) is 0 Å². The lowest BCUT2D eigenvalue weighted by Crippen LogP contribution is -2.19. The third kappa shape index (κ3) is 2.75. The molecule has 0 bridgehead atoms. The Bertz CT molecular complexity index is 329. The highest BCUT2D eigenvalue weighted by molar-refractivity contribution is 6.18. The number of methoxy groups -OCH3 is 1. The lowest BCUT2D eigenvalue weighted by atomic mass is 10.0. The van der Waals surface area contributed by atoms with Crippen LogP contribution in [0.3, 0.4) is 0 Å². The second-order valence-corrected chi connectivity index (χ2v) is 3.41. The van der Waals surface area contributed by atoms with Crippen LogP contribution in [0, 0.1) is 0 Å². The predicted molar refractivity (Wildman–Crippen MR) is 56.3 cm³/mol. The number of hydrogen-bond acceptors (Lipinski definition) is 4. The molecule has 0 unspecified atom stereocenters. The molecule has 0 heterocycles. The van der Waals surface area contributed by atoms with Crippen LogP contribution in [0.5, 0.6) is 11.5 Å². The van der Waals surface area contributed by atoms with Crippen molar-refractivity contribution in [2.24, 2.45) is 0 Å². The van der Waals surface area contributed by atoms with Gasteiger partial charge in [0.25, 0.3) is 0 Å². The number of aromatic hydroxyl groups is 1. The van der Waals surface area contributed by atoms with E-state index in [0.29, 0.717) is 5.56 Å². The first kappa shape index (κ1) is 12.1. The summed E-state index contributed by atoms with van der Waals surface area (Å²) in [7, 11) is 1.41. The monoisotopic (exact) mass is 232 g/mol. The molecule has 5 heteroatoms. The minimum absolute atomic E-state index is 0.0196. The molecule has 0 spiro atoms. The van der Waals surface area contributed by atoms with Crippen LogP contribution >= 0.6 is 11.6 Å². The highest BCUT2D eigenvalue weighted by atomic mass is 35.5. The van der Waals surface area contributed by atoms with Crippen molar-refractivity contribution in [2.45, 2.75) is 12.2 Å². The molecule has 1 aromatic rings. The number of benzene rings is 1. The summed E-state index contributed by atoms with van der Waals surface area (Å²) in [5.74, 6) is 0.159. The Kier molecular flexibility index (Phi) is 4.20. The summed E-state index contributed by atoms with van der Waals surface area (Å²) >= 11 is 5.41. The van der Waals surface area contributed by atoms with Gasteiger partial charge in [-0.2, -0.15) is 0 Å². The van der Waals surface area contributed by atoms with Crippen LogP contribution in [-0.2, 0) is 0 Å². The molecule has 3 N–H and O–H groups in total. The van der Waals surface area contributed by atoms with Gasteiger partial charge in [0.05, 0.1) is 19.1 Å². The first-order valence-corrected chi connectivity index (χ1v) is 4.92. The second-order valence-electron chi connectivity index (χ2n) is 3.10. The fraction of sp³-hybridized carbons (Fsp3) is 0.400. The van der Waals surface area contributed by atoms with Crippen molar-refractivity contribution in [3.05, 3.63) is 23.8 Å². The molecule has 0 saturated carbocycles. The summed E-state index contributed by atoms with van der Waals surface area (Å²) in [6, 6.07) is 4.34. The average molecular weight is 233 g/mol. The molecule has 2 atom stereocenters. The van der Waals surface area contributed by atoms with E-state index in [-0.39, 0.29) is 17.4 Å². The maximum atomic E-state index is 9.63. The Morgan fingerprint density at radius 2 is 2.07 bits per heavy atom. The molecule has 4 nitrogen and oxygen atoms in total. The molecule has 0 fully saturated rings. The van der Waals surface area contributed by atoms with Gasteiger partial charge in [-0.1, -0.05) is 6.07 Å². The number of phenolic OH excluding ortho intramolecular Hbond substituents is 1. The number of halogens is 1. The standard InChI is InChI=1S/C10H13ClO4/c1-15-9-4-6(2-3-7(9)12)10(14)8(13)5-11/h2-4,8,10,12-14H,5H2,1H3/t8-,10+/m0/s1. The maximum Gasteiger partial charge on any atom is 0.160 e. The molecule has 1 rings (SSSR count). The minimum Gasteiger partial charge on any atom is -0.504 e. The molecule has 15 heavy (non-hydrogen) atoms. The molecule has 0 aliphatic carbocycles. The van der Waals surface area contributed by atoms with Crippen LogP contribution in [0.15, 0.2) is 18.2 Å². The Labute approximate surface area is 92.7 Å².